The van der Waals surface area contributed by atoms with E-state index in [1.807, 2.05) is 67.8 Å². The van der Waals surface area contributed by atoms with E-state index >= 15 is 0 Å². The van der Waals surface area contributed by atoms with E-state index in [4.69, 9.17) is 0 Å². The topological polar surface area (TPSA) is 74.8 Å². The van der Waals surface area contributed by atoms with Gasteiger partial charge in [0.2, 0.25) is 5.91 Å². The molecule has 0 aliphatic heterocycles. The first kappa shape index (κ1) is 20.4. The molecule has 0 unspecified atom stereocenters. The Hall–Kier alpha value is -2.90. The van der Waals surface area contributed by atoms with Crippen molar-refractivity contribution in [2.24, 2.45) is 0 Å². The molecule has 0 bridgehead atoms. The highest BCUT2D eigenvalue weighted by Gasteiger charge is 2.13. The largest absolute Gasteiger partial charge is 0.325 e. The number of carbonyl (C=O) groups is 1. The molecular formula is C23H21N3O2S2. The summed E-state index contributed by atoms with van der Waals surface area (Å²) in [6, 6.07) is 15.8. The Bertz CT molecular complexity index is 1260. The number of amides is 1. The van der Waals surface area contributed by atoms with Crippen molar-refractivity contribution in [1.29, 1.82) is 0 Å². The Balaban J connectivity index is 1.43. The molecule has 2 aromatic heterocycles. The molecule has 2 N–H and O–H groups in total. The molecule has 152 valence electrons. The van der Waals surface area contributed by atoms with E-state index in [0.29, 0.717) is 21.8 Å². The Kier molecular flexibility index (Phi) is 6.01. The number of aryl methyl sites for hydroxylation is 2. The maximum absolute atomic E-state index is 12.7. The highest BCUT2D eigenvalue weighted by atomic mass is 32.2. The van der Waals surface area contributed by atoms with Crippen molar-refractivity contribution in [2.75, 3.05) is 11.1 Å². The number of anilines is 1. The smallest absolute Gasteiger partial charge is 0.260 e. The first-order chi connectivity index (χ1) is 14.5. The van der Waals surface area contributed by atoms with Crippen LogP contribution >= 0.6 is 23.1 Å². The minimum Gasteiger partial charge on any atom is -0.325 e. The van der Waals surface area contributed by atoms with Gasteiger partial charge in [-0.3, -0.25) is 9.59 Å². The molecule has 0 fully saturated rings. The Morgan fingerprint density at radius 2 is 1.97 bits per heavy atom. The van der Waals surface area contributed by atoms with Crippen LogP contribution in [0.3, 0.4) is 0 Å². The van der Waals surface area contributed by atoms with Crippen LogP contribution in [0.4, 0.5) is 5.69 Å². The van der Waals surface area contributed by atoms with Crippen molar-refractivity contribution in [3.05, 3.63) is 81.2 Å². The highest BCUT2D eigenvalue weighted by molar-refractivity contribution is 7.99. The van der Waals surface area contributed by atoms with Gasteiger partial charge in [0.05, 0.1) is 16.9 Å². The number of nitrogens with one attached hydrogen (secondary N) is 2. The van der Waals surface area contributed by atoms with Gasteiger partial charge in [-0.05, 0) is 36.6 Å². The van der Waals surface area contributed by atoms with E-state index in [9.17, 15) is 9.59 Å². The summed E-state index contributed by atoms with van der Waals surface area (Å²) in [4.78, 5) is 33.2. The quantitative estimate of drug-likeness (QED) is 0.440. The molecule has 5 nitrogen and oxygen atoms in total. The molecule has 0 saturated heterocycles. The molecule has 7 heteroatoms. The fourth-order valence-electron chi connectivity index (χ4n) is 3.19. The number of rotatable bonds is 6. The van der Waals surface area contributed by atoms with Gasteiger partial charge in [-0.1, -0.05) is 42.5 Å². The zero-order chi connectivity index (χ0) is 21.1. The Labute approximate surface area is 182 Å². The van der Waals surface area contributed by atoms with Gasteiger partial charge in [0.25, 0.3) is 5.56 Å². The van der Waals surface area contributed by atoms with Crippen LogP contribution in [0.25, 0.3) is 21.3 Å². The molecule has 0 saturated carbocycles. The monoisotopic (exact) mass is 435 g/mol. The lowest BCUT2D eigenvalue weighted by Crippen LogP contribution is -2.16. The van der Waals surface area contributed by atoms with Gasteiger partial charge in [-0.25, -0.2) is 4.98 Å². The summed E-state index contributed by atoms with van der Waals surface area (Å²) in [5, 5.41) is 5.54. The lowest BCUT2D eigenvalue weighted by molar-refractivity contribution is -0.113. The SMILES string of the molecule is Cc1ccc(C)c(NC(=O)CSCc2nc3scc(-c4ccccc4)c3c(=O)[nH]2)c1. The Morgan fingerprint density at radius 1 is 1.17 bits per heavy atom. The predicted octanol–water partition coefficient (Wildman–Crippen LogP) is 5.14. The summed E-state index contributed by atoms with van der Waals surface area (Å²) in [6.07, 6.45) is 0. The summed E-state index contributed by atoms with van der Waals surface area (Å²) in [5.74, 6) is 1.26. The average molecular weight is 436 g/mol. The van der Waals surface area contributed by atoms with Crippen LogP contribution in [0.2, 0.25) is 0 Å². The lowest BCUT2D eigenvalue weighted by atomic mass is 10.1. The van der Waals surface area contributed by atoms with Crippen LogP contribution in [-0.2, 0) is 10.5 Å². The number of thioether (sulfide) groups is 1. The number of aromatic nitrogens is 2. The number of thiophene rings is 1. The summed E-state index contributed by atoms with van der Waals surface area (Å²) >= 11 is 2.89. The molecule has 4 rings (SSSR count). The summed E-state index contributed by atoms with van der Waals surface area (Å²) in [5.41, 5.74) is 4.72. The minimum absolute atomic E-state index is 0.0698. The van der Waals surface area contributed by atoms with E-state index < -0.39 is 0 Å². The zero-order valence-electron chi connectivity index (χ0n) is 16.7. The van der Waals surface area contributed by atoms with Crippen molar-refractivity contribution >= 4 is 44.9 Å². The number of fused-ring (bicyclic) bond motifs is 1. The molecule has 4 aromatic rings. The number of hydrogen-bond donors (Lipinski definition) is 2. The summed E-state index contributed by atoms with van der Waals surface area (Å²) in [6.45, 7) is 3.96. The van der Waals surface area contributed by atoms with Gasteiger partial charge < -0.3 is 10.3 Å². The Morgan fingerprint density at radius 3 is 2.77 bits per heavy atom. The fourth-order valence-corrected chi connectivity index (χ4v) is 4.85. The first-order valence-corrected chi connectivity index (χ1v) is 11.6. The van der Waals surface area contributed by atoms with E-state index in [1.165, 1.54) is 23.1 Å². The summed E-state index contributed by atoms with van der Waals surface area (Å²) < 4.78 is 0. The highest BCUT2D eigenvalue weighted by Crippen LogP contribution is 2.30. The van der Waals surface area contributed by atoms with Crippen molar-refractivity contribution < 1.29 is 4.79 Å². The summed E-state index contributed by atoms with van der Waals surface area (Å²) in [7, 11) is 0. The fraction of sp³-hybridized carbons (Fsp3) is 0.174. The molecule has 0 spiro atoms. The number of hydrogen-bond acceptors (Lipinski definition) is 5. The molecule has 30 heavy (non-hydrogen) atoms. The van der Waals surface area contributed by atoms with E-state index in [0.717, 1.165) is 27.9 Å². The number of nitrogens with zero attached hydrogens (tertiary/aromatic N) is 1. The molecule has 2 heterocycles. The molecule has 0 atom stereocenters. The van der Waals surface area contributed by atoms with Crippen LogP contribution in [-0.4, -0.2) is 21.6 Å². The zero-order valence-corrected chi connectivity index (χ0v) is 18.3. The molecule has 1 amide bonds. The third-order valence-corrected chi connectivity index (χ3v) is 6.53. The van der Waals surface area contributed by atoms with Crippen LogP contribution in [0.1, 0.15) is 17.0 Å². The van der Waals surface area contributed by atoms with E-state index in [2.05, 4.69) is 15.3 Å². The number of carbonyl (C=O) groups excluding carboxylic acids is 1. The van der Waals surface area contributed by atoms with Gasteiger partial charge in [0.1, 0.15) is 10.7 Å². The molecule has 2 aromatic carbocycles. The van der Waals surface area contributed by atoms with Crippen LogP contribution in [0, 0.1) is 13.8 Å². The normalized spacial score (nSPS) is 11.0. The molecule has 0 aliphatic carbocycles. The first-order valence-electron chi connectivity index (χ1n) is 9.52. The van der Waals surface area contributed by atoms with Crippen molar-refractivity contribution in [3.63, 3.8) is 0 Å². The van der Waals surface area contributed by atoms with E-state index in [1.54, 1.807) is 0 Å². The maximum atomic E-state index is 12.7. The van der Waals surface area contributed by atoms with Crippen LogP contribution in [0.5, 0.6) is 0 Å². The molecular weight excluding hydrogens is 414 g/mol. The van der Waals surface area contributed by atoms with Crippen molar-refractivity contribution in [2.45, 2.75) is 19.6 Å². The van der Waals surface area contributed by atoms with Gasteiger partial charge in [-0.15, -0.1) is 23.1 Å². The molecule has 0 aliphatic rings. The van der Waals surface area contributed by atoms with E-state index in [-0.39, 0.29) is 17.2 Å². The standard InChI is InChI=1S/C23H21N3O2S2/c1-14-8-9-15(2)18(10-14)24-20(27)13-29-12-19-25-22(28)21-17(11-30-23(21)26-19)16-6-4-3-5-7-16/h3-11H,12-13H2,1-2H3,(H,24,27)(H,25,26,28). The third-order valence-electron chi connectivity index (χ3n) is 4.72. The molecule has 0 radical (unpaired) electrons. The number of benzene rings is 2. The lowest BCUT2D eigenvalue weighted by Gasteiger charge is -2.09. The average Bonchev–Trinajstić information content (AvgIpc) is 3.16. The van der Waals surface area contributed by atoms with Gasteiger partial charge in [0.15, 0.2) is 0 Å². The minimum atomic E-state index is -0.143. The number of H-pyrrole nitrogens is 1. The third kappa shape index (κ3) is 4.47. The van der Waals surface area contributed by atoms with Crippen LogP contribution < -0.4 is 10.9 Å². The predicted molar refractivity (Wildman–Crippen MR) is 126 cm³/mol. The second kappa shape index (κ2) is 8.85. The van der Waals surface area contributed by atoms with Gasteiger partial charge >= 0.3 is 0 Å². The maximum Gasteiger partial charge on any atom is 0.260 e. The second-order valence-electron chi connectivity index (χ2n) is 7.07. The second-order valence-corrected chi connectivity index (χ2v) is 8.91. The van der Waals surface area contributed by atoms with Gasteiger partial charge in [-0.2, -0.15) is 0 Å². The van der Waals surface area contributed by atoms with Crippen molar-refractivity contribution in [1.82, 2.24) is 9.97 Å². The van der Waals surface area contributed by atoms with Gasteiger partial charge in [0, 0.05) is 16.6 Å². The van der Waals surface area contributed by atoms with Crippen LogP contribution in [0.15, 0.2) is 58.7 Å². The number of aromatic amines is 1. The van der Waals surface area contributed by atoms with Crippen molar-refractivity contribution in [3.8, 4) is 11.1 Å².